The highest BCUT2D eigenvalue weighted by Gasteiger charge is 2.42. The molecule has 0 aromatic heterocycles. The summed E-state index contributed by atoms with van der Waals surface area (Å²) in [6.07, 6.45) is 2.39. The summed E-state index contributed by atoms with van der Waals surface area (Å²) in [5, 5.41) is 0. The van der Waals surface area contributed by atoms with Crippen LogP contribution in [0.2, 0.25) is 0 Å². The first kappa shape index (κ1) is 21.7. The average molecular weight is 431 g/mol. The van der Waals surface area contributed by atoms with Gasteiger partial charge in [-0.2, -0.15) is 8.61 Å². The van der Waals surface area contributed by atoms with E-state index in [1.807, 2.05) is 12.1 Å². The molecule has 0 N–H and O–H groups in total. The molecular weight excluding hydrogens is 400 g/mol. The van der Waals surface area contributed by atoms with E-state index in [1.165, 1.54) is 14.9 Å². The van der Waals surface area contributed by atoms with E-state index in [4.69, 9.17) is 4.74 Å². The largest absolute Gasteiger partial charge is 0.379 e. The molecule has 2 heterocycles. The number of benzene rings is 1. The zero-order chi connectivity index (χ0) is 20.6. The summed E-state index contributed by atoms with van der Waals surface area (Å²) in [6.45, 7) is 6.47. The summed E-state index contributed by atoms with van der Waals surface area (Å²) >= 11 is 0. The van der Waals surface area contributed by atoms with E-state index in [-0.39, 0.29) is 5.41 Å². The van der Waals surface area contributed by atoms with Gasteiger partial charge in [-0.15, -0.1) is 0 Å². The van der Waals surface area contributed by atoms with Crippen molar-refractivity contribution in [2.45, 2.75) is 37.5 Å². The van der Waals surface area contributed by atoms with Crippen LogP contribution in [0.5, 0.6) is 0 Å². The fraction of sp³-hybridized carbons (Fsp3) is 0.684. The van der Waals surface area contributed by atoms with E-state index < -0.39 is 20.0 Å². The highest BCUT2D eigenvalue weighted by atomic mass is 32.2. The van der Waals surface area contributed by atoms with Crippen molar-refractivity contribution in [1.29, 1.82) is 0 Å². The normalized spacial score (nSPS) is 22.4. The maximum Gasteiger partial charge on any atom is 0.243 e. The molecule has 0 bridgehead atoms. The first-order valence-corrected chi connectivity index (χ1v) is 13.0. The second-order valence-corrected chi connectivity index (χ2v) is 12.2. The standard InChI is InChI=1S/C19H30N2O5S2/c1-16(2)17-4-6-18(7-5-17)28(24,25)20-10-8-19(9-11-20)14-21(27(3,22)23)12-13-26-15-19/h4-7,16H,8-15H2,1-3H3. The summed E-state index contributed by atoms with van der Waals surface area (Å²) < 4.78 is 58.7. The highest BCUT2D eigenvalue weighted by molar-refractivity contribution is 7.89. The van der Waals surface area contributed by atoms with Gasteiger partial charge in [-0.25, -0.2) is 16.8 Å². The van der Waals surface area contributed by atoms with Gasteiger partial charge in [0.25, 0.3) is 0 Å². The van der Waals surface area contributed by atoms with Gasteiger partial charge in [0.1, 0.15) is 0 Å². The molecule has 0 radical (unpaired) electrons. The minimum atomic E-state index is -3.55. The van der Waals surface area contributed by atoms with Crippen LogP contribution in [0.15, 0.2) is 29.2 Å². The zero-order valence-corrected chi connectivity index (χ0v) is 18.4. The van der Waals surface area contributed by atoms with Gasteiger partial charge in [-0.05, 0) is 36.5 Å². The van der Waals surface area contributed by atoms with Crippen LogP contribution in [0.1, 0.15) is 38.2 Å². The van der Waals surface area contributed by atoms with Crippen molar-refractivity contribution in [3.8, 4) is 0 Å². The number of piperidine rings is 1. The first-order valence-electron chi connectivity index (χ1n) is 9.67. The number of hydrogen-bond acceptors (Lipinski definition) is 5. The van der Waals surface area contributed by atoms with E-state index in [0.717, 1.165) is 5.56 Å². The molecule has 1 aromatic rings. The van der Waals surface area contributed by atoms with E-state index in [9.17, 15) is 16.8 Å². The van der Waals surface area contributed by atoms with Gasteiger partial charge in [-0.1, -0.05) is 26.0 Å². The fourth-order valence-corrected chi connectivity index (χ4v) is 6.27. The van der Waals surface area contributed by atoms with Crippen LogP contribution in [-0.4, -0.2) is 71.1 Å². The van der Waals surface area contributed by atoms with Gasteiger partial charge >= 0.3 is 0 Å². The van der Waals surface area contributed by atoms with Crippen LogP contribution in [0, 0.1) is 5.41 Å². The summed E-state index contributed by atoms with van der Waals surface area (Å²) in [6, 6.07) is 7.09. The molecule has 1 aromatic carbocycles. The Morgan fingerprint density at radius 1 is 0.964 bits per heavy atom. The second-order valence-electron chi connectivity index (χ2n) is 8.28. The molecule has 2 aliphatic rings. The maximum absolute atomic E-state index is 13.0. The second kappa shape index (κ2) is 8.02. The van der Waals surface area contributed by atoms with Crippen LogP contribution in [0.4, 0.5) is 0 Å². The number of nitrogens with zero attached hydrogens (tertiary/aromatic N) is 2. The van der Waals surface area contributed by atoms with Gasteiger partial charge in [0.15, 0.2) is 0 Å². The van der Waals surface area contributed by atoms with E-state index in [2.05, 4.69) is 13.8 Å². The molecule has 0 unspecified atom stereocenters. The Kier molecular flexibility index (Phi) is 6.22. The lowest BCUT2D eigenvalue weighted by Gasteiger charge is -2.41. The van der Waals surface area contributed by atoms with Gasteiger partial charge < -0.3 is 4.74 Å². The summed E-state index contributed by atoms with van der Waals surface area (Å²) in [7, 11) is -6.85. The molecule has 0 saturated carbocycles. The van der Waals surface area contributed by atoms with Crippen molar-refractivity contribution in [3.05, 3.63) is 29.8 Å². The number of ether oxygens (including phenoxy) is 1. The SMILES string of the molecule is CC(C)c1ccc(S(=O)(=O)N2CCC3(CC2)COCCN(S(C)(=O)=O)C3)cc1. The number of sulfonamides is 2. The van der Waals surface area contributed by atoms with Crippen LogP contribution < -0.4 is 0 Å². The Bertz CT molecular complexity index is 887. The number of rotatable bonds is 4. The molecule has 0 amide bonds. The van der Waals surface area contributed by atoms with E-state index in [0.29, 0.717) is 63.0 Å². The maximum atomic E-state index is 13.0. The molecule has 2 aliphatic heterocycles. The predicted octanol–water partition coefficient (Wildman–Crippen LogP) is 1.87. The third-order valence-electron chi connectivity index (χ3n) is 5.84. The van der Waals surface area contributed by atoms with E-state index >= 15 is 0 Å². The third kappa shape index (κ3) is 4.59. The van der Waals surface area contributed by atoms with Crippen LogP contribution in [0.3, 0.4) is 0 Å². The topological polar surface area (TPSA) is 84.0 Å². The Labute approximate surface area is 168 Å². The van der Waals surface area contributed by atoms with Crippen molar-refractivity contribution >= 4 is 20.0 Å². The summed E-state index contributed by atoms with van der Waals surface area (Å²) in [5.41, 5.74) is 0.778. The van der Waals surface area contributed by atoms with Gasteiger partial charge in [0.05, 0.1) is 24.4 Å². The minimum absolute atomic E-state index is 0.308. The molecule has 158 valence electrons. The molecular formula is C19H30N2O5S2. The first-order chi connectivity index (χ1) is 13.0. The van der Waals surface area contributed by atoms with Crippen LogP contribution in [-0.2, 0) is 24.8 Å². The smallest absolute Gasteiger partial charge is 0.243 e. The van der Waals surface area contributed by atoms with Crippen molar-refractivity contribution in [1.82, 2.24) is 8.61 Å². The summed E-state index contributed by atoms with van der Waals surface area (Å²) in [4.78, 5) is 0.308. The Balaban J connectivity index is 1.73. The Morgan fingerprint density at radius 2 is 1.57 bits per heavy atom. The van der Waals surface area contributed by atoms with E-state index in [1.54, 1.807) is 12.1 Å². The molecule has 7 nitrogen and oxygen atoms in total. The Morgan fingerprint density at radius 3 is 2.11 bits per heavy atom. The van der Waals surface area contributed by atoms with Crippen molar-refractivity contribution in [2.24, 2.45) is 5.41 Å². The third-order valence-corrected chi connectivity index (χ3v) is 9.00. The summed E-state index contributed by atoms with van der Waals surface area (Å²) in [5.74, 6) is 0.347. The Hall–Kier alpha value is -1.00. The zero-order valence-electron chi connectivity index (χ0n) is 16.8. The molecule has 0 atom stereocenters. The van der Waals surface area contributed by atoms with Crippen LogP contribution in [0.25, 0.3) is 0 Å². The molecule has 28 heavy (non-hydrogen) atoms. The van der Waals surface area contributed by atoms with Crippen molar-refractivity contribution in [3.63, 3.8) is 0 Å². The van der Waals surface area contributed by atoms with Crippen molar-refractivity contribution < 1.29 is 21.6 Å². The monoisotopic (exact) mass is 430 g/mol. The quantitative estimate of drug-likeness (QED) is 0.728. The molecule has 9 heteroatoms. The highest BCUT2D eigenvalue weighted by Crippen LogP contribution is 2.36. The predicted molar refractivity (Wildman–Crippen MR) is 108 cm³/mol. The lowest BCUT2D eigenvalue weighted by molar-refractivity contribution is 0.0345. The van der Waals surface area contributed by atoms with Gasteiger partial charge in [-0.3, -0.25) is 0 Å². The molecule has 2 saturated heterocycles. The lowest BCUT2D eigenvalue weighted by atomic mass is 9.79. The lowest BCUT2D eigenvalue weighted by Crippen LogP contribution is -2.49. The molecule has 3 rings (SSSR count). The van der Waals surface area contributed by atoms with Gasteiger partial charge in [0.2, 0.25) is 20.0 Å². The van der Waals surface area contributed by atoms with Crippen LogP contribution >= 0.6 is 0 Å². The van der Waals surface area contributed by atoms with Gasteiger partial charge in [0, 0.05) is 31.6 Å². The average Bonchev–Trinajstić information content (AvgIpc) is 2.85. The molecule has 0 aliphatic carbocycles. The fourth-order valence-electron chi connectivity index (χ4n) is 3.91. The molecule has 2 fully saturated rings. The molecule has 1 spiro atoms. The van der Waals surface area contributed by atoms with Crippen molar-refractivity contribution in [2.75, 3.05) is 45.6 Å². The number of hydrogen-bond donors (Lipinski definition) is 0. The minimum Gasteiger partial charge on any atom is -0.379 e.